The molecule has 2 rings (SSSR count). The van der Waals surface area contributed by atoms with Crippen molar-refractivity contribution in [3.05, 3.63) is 17.5 Å². The van der Waals surface area contributed by atoms with Crippen LogP contribution in [0.4, 0.5) is 0 Å². The van der Waals surface area contributed by atoms with Crippen molar-refractivity contribution < 1.29 is 9.32 Å². The highest BCUT2D eigenvalue weighted by Gasteiger charge is 2.30. The summed E-state index contributed by atoms with van der Waals surface area (Å²) in [5.74, 6) is 1.21. The monoisotopic (exact) mass is 287 g/mol. The molecule has 0 spiro atoms. The predicted octanol–water partition coefficient (Wildman–Crippen LogP) is 2.03. The molecule has 1 fully saturated rings. The number of halogens is 1. The highest BCUT2D eigenvalue weighted by Crippen LogP contribution is 2.40. The third-order valence-electron chi connectivity index (χ3n) is 3.29. The van der Waals surface area contributed by atoms with Crippen LogP contribution in [0.3, 0.4) is 0 Å². The Morgan fingerprint density at radius 2 is 2.21 bits per heavy atom. The van der Waals surface area contributed by atoms with Crippen LogP contribution in [0.5, 0.6) is 0 Å². The van der Waals surface area contributed by atoms with Gasteiger partial charge in [-0.25, -0.2) is 0 Å². The number of rotatable bonds is 5. The van der Waals surface area contributed by atoms with Crippen LogP contribution in [0.2, 0.25) is 0 Å². The van der Waals surface area contributed by atoms with Crippen molar-refractivity contribution in [2.45, 2.75) is 32.6 Å². The first-order chi connectivity index (χ1) is 8.43. The van der Waals surface area contributed by atoms with Gasteiger partial charge in [0.25, 0.3) is 5.91 Å². The Labute approximate surface area is 119 Å². The Kier molecular flexibility index (Phi) is 4.98. The van der Waals surface area contributed by atoms with Gasteiger partial charge in [-0.1, -0.05) is 19.0 Å². The highest BCUT2D eigenvalue weighted by molar-refractivity contribution is 5.92. The van der Waals surface area contributed by atoms with Gasteiger partial charge in [-0.15, -0.1) is 12.4 Å². The maximum Gasteiger partial charge on any atom is 0.275 e. The van der Waals surface area contributed by atoms with Gasteiger partial charge in [0.05, 0.1) is 0 Å². The molecule has 1 aromatic rings. The number of hydrogen-bond acceptors (Lipinski definition) is 4. The molecule has 6 heteroatoms. The zero-order chi connectivity index (χ0) is 13.3. The van der Waals surface area contributed by atoms with Crippen molar-refractivity contribution >= 4 is 18.3 Å². The molecule has 0 aromatic carbocycles. The maximum absolute atomic E-state index is 12.2. The minimum absolute atomic E-state index is 0. The molecule has 0 bridgehead atoms. The zero-order valence-electron chi connectivity index (χ0n) is 11.7. The van der Waals surface area contributed by atoms with Crippen molar-refractivity contribution in [1.29, 1.82) is 0 Å². The van der Waals surface area contributed by atoms with Gasteiger partial charge < -0.3 is 15.2 Å². The van der Waals surface area contributed by atoms with E-state index in [0.717, 1.165) is 18.6 Å². The molecule has 0 unspecified atom stereocenters. The standard InChI is InChI=1S/C13H21N3O2.ClH/c1-13(2,7-14)8-16(3)12(17)10-6-11(18-15-10)9-4-5-9;/h6,9H,4-5,7-8,14H2,1-3H3;1H. The number of amides is 1. The molecule has 1 aliphatic rings. The summed E-state index contributed by atoms with van der Waals surface area (Å²) in [4.78, 5) is 13.8. The van der Waals surface area contributed by atoms with Crippen LogP contribution in [-0.4, -0.2) is 36.1 Å². The lowest BCUT2D eigenvalue weighted by Gasteiger charge is -2.28. The number of carbonyl (C=O) groups is 1. The zero-order valence-corrected chi connectivity index (χ0v) is 12.5. The Bertz CT molecular complexity index is 441. The van der Waals surface area contributed by atoms with Gasteiger partial charge in [0.15, 0.2) is 5.69 Å². The minimum atomic E-state index is -0.104. The van der Waals surface area contributed by atoms with Gasteiger partial charge in [-0.2, -0.15) is 0 Å². The second-order valence-corrected chi connectivity index (χ2v) is 5.92. The summed E-state index contributed by atoms with van der Waals surface area (Å²) < 4.78 is 5.19. The summed E-state index contributed by atoms with van der Waals surface area (Å²) in [6.45, 7) is 5.22. The lowest BCUT2D eigenvalue weighted by Crippen LogP contribution is -2.39. The van der Waals surface area contributed by atoms with Crippen LogP contribution in [0.25, 0.3) is 0 Å². The number of hydrogen-bond donors (Lipinski definition) is 1. The number of nitrogens with two attached hydrogens (primary N) is 1. The molecule has 19 heavy (non-hydrogen) atoms. The van der Waals surface area contributed by atoms with Crippen LogP contribution < -0.4 is 5.73 Å². The lowest BCUT2D eigenvalue weighted by molar-refractivity contribution is 0.0730. The molecular formula is C13H22ClN3O2. The van der Waals surface area contributed by atoms with Crippen molar-refractivity contribution in [2.24, 2.45) is 11.1 Å². The molecule has 0 atom stereocenters. The van der Waals surface area contributed by atoms with Gasteiger partial charge >= 0.3 is 0 Å². The molecule has 1 aromatic heterocycles. The van der Waals surface area contributed by atoms with Gasteiger partial charge in [0.1, 0.15) is 5.76 Å². The molecule has 108 valence electrons. The second kappa shape index (κ2) is 5.92. The molecule has 1 heterocycles. The maximum atomic E-state index is 12.2. The Morgan fingerprint density at radius 3 is 2.74 bits per heavy atom. The quantitative estimate of drug-likeness (QED) is 0.899. The van der Waals surface area contributed by atoms with Gasteiger partial charge in [-0.3, -0.25) is 4.79 Å². The van der Waals surface area contributed by atoms with E-state index in [1.54, 1.807) is 18.0 Å². The summed E-state index contributed by atoms with van der Waals surface area (Å²) >= 11 is 0. The van der Waals surface area contributed by atoms with Crippen LogP contribution in [0.1, 0.15) is 48.9 Å². The molecule has 1 amide bonds. The molecule has 0 radical (unpaired) electrons. The molecule has 0 aliphatic heterocycles. The molecule has 0 saturated heterocycles. The average Bonchev–Trinajstić information content (AvgIpc) is 3.06. The van der Waals surface area contributed by atoms with E-state index in [4.69, 9.17) is 10.3 Å². The largest absolute Gasteiger partial charge is 0.360 e. The van der Waals surface area contributed by atoms with Gasteiger partial charge in [-0.05, 0) is 24.8 Å². The van der Waals surface area contributed by atoms with Crippen molar-refractivity contribution in [1.82, 2.24) is 10.1 Å². The summed E-state index contributed by atoms with van der Waals surface area (Å²) in [5.41, 5.74) is 5.98. The fourth-order valence-electron chi connectivity index (χ4n) is 1.92. The van der Waals surface area contributed by atoms with Crippen molar-refractivity contribution in [2.75, 3.05) is 20.1 Å². The SMILES string of the molecule is CN(CC(C)(C)CN)C(=O)c1cc(C2CC2)on1.Cl. The van der Waals surface area contributed by atoms with Crippen LogP contribution >= 0.6 is 12.4 Å². The fourth-order valence-corrected chi connectivity index (χ4v) is 1.92. The van der Waals surface area contributed by atoms with Crippen molar-refractivity contribution in [3.63, 3.8) is 0 Å². The number of aromatic nitrogens is 1. The summed E-state index contributed by atoms with van der Waals surface area (Å²) in [6.07, 6.45) is 2.28. The third kappa shape index (κ3) is 3.94. The van der Waals surface area contributed by atoms with Gasteiger partial charge in [0, 0.05) is 25.6 Å². The predicted molar refractivity (Wildman–Crippen MR) is 75.5 cm³/mol. The molecular weight excluding hydrogens is 266 g/mol. The first-order valence-electron chi connectivity index (χ1n) is 6.35. The fraction of sp³-hybridized carbons (Fsp3) is 0.692. The van der Waals surface area contributed by atoms with Crippen molar-refractivity contribution in [3.8, 4) is 0 Å². The summed E-state index contributed by atoms with van der Waals surface area (Å²) in [5, 5.41) is 3.86. The van der Waals surface area contributed by atoms with E-state index in [-0.39, 0.29) is 23.7 Å². The Hall–Kier alpha value is -1.07. The lowest BCUT2D eigenvalue weighted by atomic mass is 9.93. The molecule has 2 N–H and O–H groups in total. The topological polar surface area (TPSA) is 72.4 Å². The Morgan fingerprint density at radius 1 is 1.58 bits per heavy atom. The number of carbonyl (C=O) groups excluding carboxylic acids is 1. The van der Waals surface area contributed by atoms with E-state index in [0.29, 0.717) is 24.7 Å². The average molecular weight is 288 g/mol. The number of nitrogens with zero attached hydrogens (tertiary/aromatic N) is 2. The highest BCUT2D eigenvalue weighted by atomic mass is 35.5. The summed E-state index contributed by atoms with van der Waals surface area (Å²) in [6, 6.07) is 1.77. The molecule has 1 saturated carbocycles. The first-order valence-corrected chi connectivity index (χ1v) is 6.35. The van der Waals surface area contributed by atoms with E-state index in [9.17, 15) is 4.79 Å². The third-order valence-corrected chi connectivity index (χ3v) is 3.29. The molecule has 5 nitrogen and oxygen atoms in total. The van der Waals surface area contributed by atoms with Crippen LogP contribution in [0.15, 0.2) is 10.6 Å². The molecule has 1 aliphatic carbocycles. The smallest absolute Gasteiger partial charge is 0.275 e. The normalized spacial score (nSPS) is 14.9. The minimum Gasteiger partial charge on any atom is -0.360 e. The van der Waals surface area contributed by atoms with E-state index in [2.05, 4.69) is 5.16 Å². The second-order valence-electron chi connectivity index (χ2n) is 5.92. The first kappa shape index (κ1) is 16.0. The Balaban J connectivity index is 0.00000180. The van der Waals surface area contributed by atoms with Crippen LogP contribution in [0, 0.1) is 5.41 Å². The van der Waals surface area contributed by atoms with E-state index in [1.807, 2.05) is 13.8 Å². The van der Waals surface area contributed by atoms with E-state index >= 15 is 0 Å². The van der Waals surface area contributed by atoms with E-state index in [1.165, 1.54) is 0 Å². The van der Waals surface area contributed by atoms with E-state index < -0.39 is 0 Å². The van der Waals surface area contributed by atoms with Gasteiger partial charge in [0.2, 0.25) is 0 Å². The summed E-state index contributed by atoms with van der Waals surface area (Å²) in [7, 11) is 1.77. The van der Waals surface area contributed by atoms with Crippen LogP contribution in [-0.2, 0) is 0 Å².